The molecule has 0 spiro atoms. The van der Waals surface area contributed by atoms with E-state index in [1.165, 1.54) is 51.9 Å². The van der Waals surface area contributed by atoms with E-state index in [0.717, 1.165) is 26.2 Å². The fourth-order valence-electron chi connectivity index (χ4n) is 2.40. The van der Waals surface area contributed by atoms with Crippen molar-refractivity contribution in [2.75, 3.05) is 6.61 Å². The molecule has 0 aliphatic heterocycles. The van der Waals surface area contributed by atoms with E-state index in [2.05, 4.69) is 6.92 Å². The number of hydrogen-bond acceptors (Lipinski definition) is 5. The Morgan fingerprint density at radius 1 is 0.957 bits per heavy atom. The van der Waals surface area contributed by atoms with Crippen LogP contribution in [-0.2, 0) is 14.3 Å². The van der Waals surface area contributed by atoms with Gasteiger partial charge in [0.1, 0.15) is 6.10 Å². The van der Waals surface area contributed by atoms with Crippen molar-refractivity contribution in [3.63, 3.8) is 0 Å². The monoisotopic (exact) mass is 330 g/mol. The maximum atomic E-state index is 11.7. The predicted octanol–water partition coefficient (Wildman–Crippen LogP) is 3.15. The maximum absolute atomic E-state index is 11.7. The van der Waals surface area contributed by atoms with Crippen LogP contribution in [0.3, 0.4) is 0 Å². The molecule has 0 aromatic carbocycles. The Balaban J connectivity index is 3.61. The maximum Gasteiger partial charge on any atom is 0.345 e. The Labute approximate surface area is 140 Å². The number of carbonyl (C=O) groups is 2. The summed E-state index contributed by atoms with van der Waals surface area (Å²) in [4.78, 5) is 23.2. The van der Waals surface area contributed by atoms with E-state index < -0.39 is 23.5 Å². The number of carbonyl (C=O) groups excluding carboxylic acids is 2. The second-order valence-corrected chi connectivity index (χ2v) is 6.43. The summed E-state index contributed by atoms with van der Waals surface area (Å²) in [6.45, 7) is 4.68. The third-order valence-corrected chi connectivity index (χ3v) is 3.99. The Kier molecular flexibility index (Phi) is 12.0. The van der Waals surface area contributed by atoms with Gasteiger partial charge in [-0.2, -0.15) is 0 Å². The lowest BCUT2D eigenvalue weighted by Crippen LogP contribution is -2.49. The van der Waals surface area contributed by atoms with Crippen LogP contribution in [0.2, 0.25) is 0 Å². The zero-order valence-corrected chi connectivity index (χ0v) is 15.0. The van der Waals surface area contributed by atoms with E-state index in [0.29, 0.717) is 0 Å². The second-order valence-electron chi connectivity index (χ2n) is 6.43. The van der Waals surface area contributed by atoms with Gasteiger partial charge >= 0.3 is 5.97 Å². The summed E-state index contributed by atoms with van der Waals surface area (Å²) < 4.78 is 4.93. The van der Waals surface area contributed by atoms with E-state index >= 15 is 0 Å². The van der Waals surface area contributed by atoms with Crippen LogP contribution < -0.4 is 0 Å². The zero-order chi connectivity index (χ0) is 17.7. The van der Waals surface area contributed by atoms with Gasteiger partial charge in [0.2, 0.25) is 11.4 Å². The van der Waals surface area contributed by atoms with Gasteiger partial charge in [0, 0.05) is 0 Å². The normalized spacial score (nSPS) is 15.0. The summed E-state index contributed by atoms with van der Waals surface area (Å²) in [6, 6.07) is 0. The summed E-state index contributed by atoms with van der Waals surface area (Å²) in [5.74, 6) is -1.93. The number of hydrogen-bond donors (Lipinski definition) is 2. The summed E-state index contributed by atoms with van der Waals surface area (Å²) >= 11 is 0. The van der Waals surface area contributed by atoms with Crippen molar-refractivity contribution in [1.82, 2.24) is 0 Å². The molecule has 5 heteroatoms. The lowest BCUT2D eigenvalue weighted by molar-refractivity contribution is -0.171. The molecule has 0 aliphatic rings. The molecule has 0 aliphatic carbocycles. The summed E-state index contributed by atoms with van der Waals surface area (Å²) in [6.07, 6.45) is 10.4. The molecule has 23 heavy (non-hydrogen) atoms. The molecule has 0 radical (unpaired) electrons. The van der Waals surface area contributed by atoms with E-state index in [4.69, 9.17) is 9.84 Å². The number of aliphatic hydroxyl groups is 2. The molecule has 0 saturated heterocycles. The molecule has 0 rings (SSSR count). The molecular formula is C18H34O5. The zero-order valence-electron chi connectivity index (χ0n) is 15.0. The lowest BCUT2D eigenvalue weighted by atomic mass is 9.97. The SMILES string of the molecule is CCCCCCCCCCCCOC(=O)C(C)(O)C(=O)C(C)O. The molecular weight excluding hydrogens is 296 g/mol. The molecule has 0 amide bonds. The number of unbranched alkanes of at least 4 members (excludes halogenated alkanes) is 9. The van der Waals surface area contributed by atoms with Crippen molar-refractivity contribution >= 4 is 11.8 Å². The van der Waals surface area contributed by atoms with Gasteiger partial charge in [-0.1, -0.05) is 64.7 Å². The van der Waals surface area contributed by atoms with Gasteiger partial charge in [0.15, 0.2) is 0 Å². The first-order chi connectivity index (χ1) is 10.8. The average Bonchev–Trinajstić information content (AvgIpc) is 2.51. The average molecular weight is 330 g/mol. The van der Waals surface area contributed by atoms with Crippen LogP contribution in [0.5, 0.6) is 0 Å². The van der Waals surface area contributed by atoms with Gasteiger partial charge in [-0.05, 0) is 20.3 Å². The van der Waals surface area contributed by atoms with Gasteiger partial charge in [0.05, 0.1) is 6.61 Å². The minimum atomic E-state index is -2.27. The van der Waals surface area contributed by atoms with Gasteiger partial charge < -0.3 is 14.9 Å². The number of ketones is 1. The number of aliphatic hydroxyl groups excluding tert-OH is 1. The Hall–Kier alpha value is -0.940. The van der Waals surface area contributed by atoms with Crippen LogP contribution in [0.15, 0.2) is 0 Å². The van der Waals surface area contributed by atoms with Crippen molar-refractivity contribution in [3.8, 4) is 0 Å². The molecule has 2 atom stereocenters. The largest absolute Gasteiger partial charge is 0.463 e. The summed E-state index contributed by atoms with van der Waals surface area (Å²) in [5.41, 5.74) is -2.27. The van der Waals surface area contributed by atoms with Crippen LogP contribution in [0.1, 0.15) is 85.0 Å². The molecule has 136 valence electrons. The quantitative estimate of drug-likeness (QED) is 0.290. The molecule has 0 bridgehead atoms. The van der Waals surface area contributed by atoms with Crippen molar-refractivity contribution in [1.29, 1.82) is 0 Å². The highest BCUT2D eigenvalue weighted by Crippen LogP contribution is 2.13. The molecule has 2 N–H and O–H groups in total. The standard InChI is InChI=1S/C18H34O5/c1-4-5-6-7-8-9-10-11-12-13-14-23-17(21)18(3,22)16(20)15(2)19/h15,19,22H,4-14H2,1-3H3. The van der Waals surface area contributed by atoms with Crippen molar-refractivity contribution in [2.24, 2.45) is 0 Å². The second kappa shape index (κ2) is 12.5. The van der Waals surface area contributed by atoms with Gasteiger partial charge in [-0.3, -0.25) is 4.79 Å². The molecule has 0 fully saturated rings. The van der Waals surface area contributed by atoms with Crippen LogP contribution in [0.25, 0.3) is 0 Å². The highest BCUT2D eigenvalue weighted by molar-refractivity contribution is 6.08. The first-order valence-corrected chi connectivity index (χ1v) is 8.96. The molecule has 0 aromatic heterocycles. The van der Waals surface area contributed by atoms with Crippen molar-refractivity contribution < 1.29 is 24.5 Å². The fraction of sp³-hybridized carbons (Fsp3) is 0.889. The van der Waals surface area contributed by atoms with E-state index in [1.807, 2.05) is 0 Å². The summed E-state index contributed by atoms with van der Waals surface area (Å²) in [7, 11) is 0. The van der Waals surface area contributed by atoms with Crippen LogP contribution >= 0.6 is 0 Å². The Bertz CT molecular complexity index is 336. The lowest BCUT2D eigenvalue weighted by Gasteiger charge is -2.21. The van der Waals surface area contributed by atoms with Crippen molar-refractivity contribution in [2.45, 2.75) is 96.7 Å². The summed E-state index contributed by atoms with van der Waals surface area (Å²) in [5, 5.41) is 18.9. The molecule has 2 unspecified atom stereocenters. The van der Waals surface area contributed by atoms with E-state index in [-0.39, 0.29) is 6.61 Å². The van der Waals surface area contributed by atoms with Crippen LogP contribution in [0.4, 0.5) is 0 Å². The smallest absolute Gasteiger partial charge is 0.345 e. The number of rotatable bonds is 14. The topological polar surface area (TPSA) is 83.8 Å². The van der Waals surface area contributed by atoms with E-state index in [1.54, 1.807) is 0 Å². The number of Topliss-reactive ketones (excluding diaryl/α,β-unsaturated/α-hetero) is 1. The molecule has 5 nitrogen and oxygen atoms in total. The van der Waals surface area contributed by atoms with Crippen LogP contribution in [-0.4, -0.2) is 40.3 Å². The first kappa shape index (κ1) is 22.1. The number of ether oxygens (including phenoxy) is 1. The molecule has 0 saturated carbocycles. The third kappa shape index (κ3) is 9.72. The predicted molar refractivity (Wildman–Crippen MR) is 90.1 cm³/mol. The van der Waals surface area contributed by atoms with Gasteiger partial charge in [0.25, 0.3) is 0 Å². The third-order valence-electron chi connectivity index (χ3n) is 3.99. The minimum Gasteiger partial charge on any atom is -0.463 e. The highest BCUT2D eigenvalue weighted by atomic mass is 16.6. The fourth-order valence-corrected chi connectivity index (χ4v) is 2.40. The highest BCUT2D eigenvalue weighted by Gasteiger charge is 2.42. The minimum absolute atomic E-state index is 0.193. The van der Waals surface area contributed by atoms with Gasteiger partial charge in [-0.25, -0.2) is 4.79 Å². The van der Waals surface area contributed by atoms with Crippen LogP contribution in [0, 0.1) is 0 Å². The Morgan fingerprint density at radius 3 is 1.83 bits per heavy atom. The Morgan fingerprint density at radius 2 is 1.39 bits per heavy atom. The first-order valence-electron chi connectivity index (χ1n) is 8.96. The van der Waals surface area contributed by atoms with E-state index in [9.17, 15) is 14.7 Å². The van der Waals surface area contributed by atoms with Crippen molar-refractivity contribution in [3.05, 3.63) is 0 Å². The number of esters is 1. The van der Waals surface area contributed by atoms with Gasteiger partial charge in [-0.15, -0.1) is 0 Å². The molecule has 0 heterocycles. The molecule has 0 aromatic rings.